The fourth-order valence-electron chi connectivity index (χ4n) is 3.29. The molecule has 136 valence electrons. The third kappa shape index (κ3) is 3.47. The number of nitrogens with zero attached hydrogens (tertiary/aromatic N) is 2. The van der Waals surface area contributed by atoms with Crippen molar-refractivity contribution in [3.8, 4) is 11.1 Å². The highest BCUT2D eigenvalue weighted by Gasteiger charge is 2.17. The molecular formula is C21H20N4O2. The number of H-pyrrole nitrogens is 1. The fraction of sp³-hybridized carbons (Fsp3) is 0.143. The van der Waals surface area contributed by atoms with Gasteiger partial charge in [0.2, 0.25) is 0 Å². The third-order valence-electron chi connectivity index (χ3n) is 4.51. The quantitative estimate of drug-likeness (QED) is 0.494. The summed E-state index contributed by atoms with van der Waals surface area (Å²) < 4.78 is 1.97. The Morgan fingerprint density at radius 3 is 2.78 bits per heavy atom. The van der Waals surface area contributed by atoms with Gasteiger partial charge in [0.15, 0.2) is 0 Å². The van der Waals surface area contributed by atoms with Gasteiger partial charge in [0, 0.05) is 30.7 Å². The van der Waals surface area contributed by atoms with Crippen LogP contribution >= 0.6 is 0 Å². The molecule has 3 N–H and O–H groups in total. The molecule has 27 heavy (non-hydrogen) atoms. The molecule has 2 aromatic carbocycles. The van der Waals surface area contributed by atoms with E-state index in [1.54, 1.807) is 12.5 Å². The Balaban J connectivity index is 1.81. The summed E-state index contributed by atoms with van der Waals surface area (Å²) in [4.78, 5) is 19.8. The highest BCUT2D eigenvalue weighted by molar-refractivity contribution is 6.06. The summed E-state index contributed by atoms with van der Waals surface area (Å²) in [7, 11) is 0. The topological polar surface area (TPSA) is 82.9 Å². The molecule has 2 heterocycles. The van der Waals surface area contributed by atoms with Crippen molar-refractivity contribution in [3.05, 3.63) is 78.6 Å². The molecule has 0 atom stereocenters. The lowest BCUT2D eigenvalue weighted by atomic mass is 9.97. The molecule has 0 aliphatic heterocycles. The first-order valence-electron chi connectivity index (χ1n) is 8.80. The van der Waals surface area contributed by atoms with E-state index < -0.39 is 0 Å². The van der Waals surface area contributed by atoms with Gasteiger partial charge in [-0.3, -0.25) is 4.79 Å². The Morgan fingerprint density at radius 1 is 1.11 bits per heavy atom. The first-order valence-corrected chi connectivity index (χ1v) is 8.80. The van der Waals surface area contributed by atoms with E-state index >= 15 is 0 Å². The number of aliphatic hydroxyl groups excluding tert-OH is 1. The van der Waals surface area contributed by atoms with Gasteiger partial charge in [0.1, 0.15) is 0 Å². The number of fused-ring (bicyclic) bond motifs is 1. The van der Waals surface area contributed by atoms with E-state index in [1.165, 1.54) is 0 Å². The number of amides is 1. The number of rotatable bonds is 6. The maximum absolute atomic E-state index is 12.7. The van der Waals surface area contributed by atoms with Crippen molar-refractivity contribution in [1.82, 2.24) is 19.9 Å². The van der Waals surface area contributed by atoms with Crippen molar-refractivity contribution in [2.75, 3.05) is 13.2 Å². The number of hydrogen-bond donors (Lipinski definition) is 3. The lowest BCUT2D eigenvalue weighted by molar-refractivity contribution is 0.0945. The zero-order chi connectivity index (χ0) is 18.6. The summed E-state index contributed by atoms with van der Waals surface area (Å²) in [5.74, 6) is -0.199. The van der Waals surface area contributed by atoms with Crippen molar-refractivity contribution in [2.45, 2.75) is 6.54 Å². The number of aliphatic hydroxyl groups is 1. The molecule has 0 bridgehead atoms. The van der Waals surface area contributed by atoms with Crippen LogP contribution in [0.5, 0.6) is 0 Å². The lowest BCUT2D eigenvalue weighted by Gasteiger charge is -2.08. The highest BCUT2D eigenvalue weighted by atomic mass is 16.3. The molecule has 0 aliphatic rings. The fourth-order valence-corrected chi connectivity index (χ4v) is 3.29. The zero-order valence-electron chi connectivity index (χ0n) is 14.7. The maximum Gasteiger partial charge on any atom is 0.253 e. The SMILES string of the molecule is O=C(NCCO)c1cn(Cc2cnc[nH]2)cc1-c1cccc2ccccc12. The number of imidazole rings is 1. The van der Waals surface area contributed by atoms with E-state index in [-0.39, 0.29) is 19.1 Å². The second kappa shape index (κ2) is 7.47. The number of aromatic amines is 1. The normalized spacial score (nSPS) is 11.0. The van der Waals surface area contributed by atoms with Crippen LogP contribution in [0.1, 0.15) is 16.1 Å². The van der Waals surface area contributed by atoms with E-state index in [2.05, 4.69) is 33.5 Å². The molecular weight excluding hydrogens is 340 g/mol. The van der Waals surface area contributed by atoms with Crippen molar-refractivity contribution in [3.63, 3.8) is 0 Å². The number of hydrogen-bond acceptors (Lipinski definition) is 3. The molecule has 2 aromatic heterocycles. The maximum atomic E-state index is 12.7. The second-order valence-corrected chi connectivity index (χ2v) is 6.34. The molecule has 1 amide bonds. The third-order valence-corrected chi connectivity index (χ3v) is 4.51. The van der Waals surface area contributed by atoms with Gasteiger partial charge in [0.25, 0.3) is 5.91 Å². The average molecular weight is 360 g/mol. The van der Waals surface area contributed by atoms with Crippen LogP contribution in [0.15, 0.2) is 67.4 Å². The molecule has 0 unspecified atom stereocenters. The summed E-state index contributed by atoms with van der Waals surface area (Å²) in [6, 6.07) is 14.2. The predicted octanol–water partition coefficient (Wildman–Crippen LogP) is 2.80. The van der Waals surface area contributed by atoms with Crippen LogP contribution in [0.25, 0.3) is 21.9 Å². The first-order chi connectivity index (χ1) is 13.3. The number of carbonyl (C=O) groups is 1. The van der Waals surface area contributed by atoms with Crippen LogP contribution in [0, 0.1) is 0 Å². The summed E-state index contributed by atoms with van der Waals surface area (Å²) >= 11 is 0. The Bertz CT molecular complexity index is 1060. The Kier molecular flexibility index (Phi) is 4.72. The second-order valence-electron chi connectivity index (χ2n) is 6.34. The summed E-state index contributed by atoms with van der Waals surface area (Å²) in [5.41, 5.74) is 3.41. The summed E-state index contributed by atoms with van der Waals surface area (Å²) in [5, 5.41) is 14.0. The van der Waals surface area contributed by atoms with Gasteiger partial charge in [-0.15, -0.1) is 0 Å². The van der Waals surface area contributed by atoms with Crippen LogP contribution in [-0.4, -0.2) is 38.7 Å². The van der Waals surface area contributed by atoms with Gasteiger partial charge in [-0.1, -0.05) is 42.5 Å². The molecule has 4 rings (SSSR count). The van der Waals surface area contributed by atoms with E-state index in [9.17, 15) is 4.79 Å². The van der Waals surface area contributed by atoms with E-state index in [1.807, 2.05) is 41.2 Å². The molecule has 0 saturated heterocycles. The Hall–Kier alpha value is -3.38. The molecule has 6 nitrogen and oxygen atoms in total. The standard InChI is InChI=1S/C21H20N4O2/c26-9-8-23-21(27)20-13-25(11-16-10-22-14-24-16)12-19(20)18-7-3-5-15-4-1-2-6-17(15)18/h1-7,10,12-14,26H,8-9,11H2,(H,22,24)(H,23,27). The number of aromatic nitrogens is 3. The number of carbonyl (C=O) groups excluding carboxylic acids is 1. The van der Waals surface area contributed by atoms with Crippen LogP contribution in [0.3, 0.4) is 0 Å². The van der Waals surface area contributed by atoms with Crippen molar-refractivity contribution in [2.24, 2.45) is 0 Å². The molecule has 0 spiro atoms. The molecule has 0 saturated carbocycles. The minimum atomic E-state index is -0.199. The Morgan fingerprint density at radius 2 is 1.96 bits per heavy atom. The zero-order valence-corrected chi connectivity index (χ0v) is 14.7. The average Bonchev–Trinajstić information content (AvgIpc) is 3.36. The minimum Gasteiger partial charge on any atom is -0.395 e. The van der Waals surface area contributed by atoms with Crippen LogP contribution < -0.4 is 5.32 Å². The molecule has 6 heteroatoms. The van der Waals surface area contributed by atoms with Crippen molar-refractivity contribution in [1.29, 1.82) is 0 Å². The van der Waals surface area contributed by atoms with Gasteiger partial charge in [-0.05, 0) is 16.3 Å². The monoisotopic (exact) mass is 360 g/mol. The highest BCUT2D eigenvalue weighted by Crippen LogP contribution is 2.32. The van der Waals surface area contributed by atoms with Crippen molar-refractivity contribution >= 4 is 16.7 Å². The predicted molar refractivity (Wildman–Crippen MR) is 104 cm³/mol. The summed E-state index contributed by atoms with van der Waals surface area (Å²) in [6.07, 6.45) is 7.23. The van der Waals surface area contributed by atoms with Crippen LogP contribution in [0.4, 0.5) is 0 Å². The lowest BCUT2D eigenvalue weighted by Crippen LogP contribution is -2.26. The summed E-state index contributed by atoms with van der Waals surface area (Å²) in [6.45, 7) is 0.717. The van der Waals surface area contributed by atoms with Gasteiger partial charge in [-0.2, -0.15) is 0 Å². The first kappa shape index (κ1) is 17.1. The van der Waals surface area contributed by atoms with Gasteiger partial charge >= 0.3 is 0 Å². The smallest absolute Gasteiger partial charge is 0.253 e. The van der Waals surface area contributed by atoms with E-state index in [0.717, 1.165) is 27.6 Å². The van der Waals surface area contributed by atoms with Gasteiger partial charge < -0.3 is 20.0 Å². The van der Waals surface area contributed by atoms with Crippen LogP contribution in [0.2, 0.25) is 0 Å². The van der Waals surface area contributed by atoms with Gasteiger partial charge in [0.05, 0.1) is 30.7 Å². The minimum absolute atomic E-state index is 0.0931. The van der Waals surface area contributed by atoms with E-state index in [4.69, 9.17) is 5.11 Å². The van der Waals surface area contributed by atoms with Crippen LogP contribution in [-0.2, 0) is 6.54 Å². The van der Waals surface area contributed by atoms with Crippen molar-refractivity contribution < 1.29 is 9.90 Å². The largest absolute Gasteiger partial charge is 0.395 e. The molecule has 0 radical (unpaired) electrons. The molecule has 4 aromatic rings. The molecule has 0 fully saturated rings. The number of nitrogens with one attached hydrogen (secondary N) is 2. The Labute approximate surface area is 156 Å². The molecule has 0 aliphatic carbocycles. The number of benzene rings is 2. The van der Waals surface area contributed by atoms with E-state index in [0.29, 0.717) is 12.1 Å². The van der Waals surface area contributed by atoms with Gasteiger partial charge in [-0.25, -0.2) is 4.98 Å².